The van der Waals surface area contributed by atoms with Crippen molar-refractivity contribution in [2.45, 2.75) is 13.5 Å². The van der Waals surface area contributed by atoms with Gasteiger partial charge in [0, 0.05) is 22.2 Å². The predicted molar refractivity (Wildman–Crippen MR) is 70.1 cm³/mol. The predicted octanol–water partition coefficient (Wildman–Crippen LogP) is 3.22. The van der Waals surface area contributed by atoms with Crippen LogP contribution in [0.4, 0.5) is 0 Å². The largest absolute Gasteiger partial charge is 0.325 e. The van der Waals surface area contributed by atoms with Crippen LogP contribution in [0.2, 0.25) is 10.0 Å². The van der Waals surface area contributed by atoms with Crippen molar-refractivity contribution >= 4 is 23.2 Å². The van der Waals surface area contributed by atoms with Gasteiger partial charge in [-0.25, -0.2) is 9.97 Å². The second kappa shape index (κ2) is 5.00. The summed E-state index contributed by atoms with van der Waals surface area (Å²) < 4.78 is 0. The lowest BCUT2D eigenvalue weighted by Gasteiger charge is -2.06. The maximum absolute atomic E-state index is 5.96. The van der Waals surface area contributed by atoms with E-state index in [0.29, 0.717) is 22.4 Å². The standard InChI is InChI=1S/C12H11Cl2N3/c1-7-16-11(6-15)5-12(17-7)8-2-9(13)4-10(14)3-8/h2-5H,6,15H2,1H3. The highest BCUT2D eigenvalue weighted by atomic mass is 35.5. The lowest BCUT2D eigenvalue weighted by atomic mass is 10.1. The number of halogens is 2. The SMILES string of the molecule is Cc1nc(CN)cc(-c2cc(Cl)cc(Cl)c2)n1. The molecule has 0 saturated heterocycles. The highest BCUT2D eigenvalue weighted by Crippen LogP contribution is 2.26. The number of rotatable bonds is 2. The molecule has 0 saturated carbocycles. The van der Waals surface area contributed by atoms with Gasteiger partial charge in [-0.2, -0.15) is 0 Å². The number of hydrogen-bond acceptors (Lipinski definition) is 3. The topological polar surface area (TPSA) is 51.8 Å². The molecule has 1 heterocycles. The molecule has 2 N–H and O–H groups in total. The Balaban J connectivity index is 2.55. The third kappa shape index (κ3) is 2.94. The first-order chi connectivity index (χ1) is 8.08. The maximum Gasteiger partial charge on any atom is 0.126 e. The lowest BCUT2D eigenvalue weighted by molar-refractivity contribution is 0.929. The molecule has 5 heteroatoms. The molecule has 0 unspecified atom stereocenters. The molecule has 0 radical (unpaired) electrons. The second-order valence-corrected chi connectivity index (χ2v) is 4.53. The van der Waals surface area contributed by atoms with Crippen molar-refractivity contribution in [1.82, 2.24) is 9.97 Å². The summed E-state index contributed by atoms with van der Waals surface area (Å²) in [6.07, 6.45) is 0. The van der Waals surface area contributed by atoms with Gasteiger partial charge in [-0.05, 0) is 31.2 Å². The molecule has 0 spiro atoms. The number of hydrogen-bond donors (Lipinski definition) is 1. The number of benzene rings is 1. The number of nitrogens with zero attached hydrogens (tertiary/aromatic N) is 2. The van der Waals surface area contributed by atoms with Gasteiger partial charge in [0.25, 0.3) is 0 Å². The van der Waals surface area contributed by atoms with Crippen LogP contribution < -0.4 is 5.73 Å². The monoisotopic (exact) mass is 267 g/mol. The summed E-state index contributed by atoms with van der Waals surface area (Å²) in [5.74, 6) is 0.680. The fourth-order valence-electron chi connectivity index (χ4n) is 1.58. The van der Waals surface area contributed by atoms with Gasteiger partial charge in [-0.15, -0.1) is 0 Å². The van der Waals surface area contributed by atoms with E-state index in [0.717, 1.165) is 17.0 Å². The summed E-state index contributed by atoms with van der Waals surface area (Å²) in [4.78, 5) is 8.57. The highest BCUT2D eigenvalue weighted by Gasteiger charge is 2.05. The summed E-state index contributed by atoms with van der Waals surface area (Å²) in [5.41, 5.74) is 8.02. The summed E-state index contributed by atoms with van der Waals surface area (Å²) in [5, 5.41) is 1.16. The van der Waals surface area contributed by atoms with Gasteiger partial charge in [0.05, 0.1) is 11.4 Å². The minimum Gasteiger partial charge on any atom is -0.325 e. The smallest absolute Gasteiger partial charge is 0.126 e. The van der Waals surface area contributed by atoms with E-state index in [1.807, 2.05) is 25.1 Å². The zero-order chi connectivity index (χ0) is 12.4. The Labute approximate surface area is 110 Å². The van der Waals surface area contributed by atoms with Crippen LogP contribution in [-0.2, 0) is 6.54 Å². The molecular formula is C12H11Cl2N3. The second-order valence-electron chi connectivity index (χ2n) is 3.65. The molecule has 0 atom stereocenters. The van der Waals surface area contributed by atoms with Crippen LogP contribution in [0.1, 0.15) is 11.5 Å². The van der Waals surface area contributed by atoms with E-state index in [4.69, 9.17) is 28.9 Å². The van der Waals surface area contributed by atoms with E-state index >= 15 is 0 Å². The lowest BCUT2D eigenvalue weighted by Crippen LogP contribution is -2.03. The minimum absolute atomic E-state index is 0.380. The quantitative estimate of drug-likeness (QED) is 0.909. The van der Waals surface area contributed by atoms with Gasteiger partial charge >= 0.3 is 0 Å². The first-order valence-corrected chi connectivity index (χ1v) is 5.85. The summed E-state index contributed by atoms with van der Waals surface area (Å²) in [6, 6.07) is 7.16. The van der Waals surface area contributed by atoms with E-state index in [9.17, 15) is 0 Å². The summed E-state index contributed by atoms with van der Waals surface area (Å²) in [6.45, 7) is 2.21. The van der Waals surface area contributed by atoms with E-state index in [1.165, 1.54) is 0 Å². The Bertz CT molecular complexity index is 535. The van der Waals surface area contributed by atoms with Gasteiger partial charge in [0.2, 0.25) is 0 Å². The Morgan fingerprint density at radius 1 is 1.06 bits per heavy atom. The van der Waals surface area contributed by atoms with E-state index in [1.54, 1.807) is 6.07 Å². The molecule has 2 aromatic rings. The van der Waals surface area contributed by atoms with E-state index in [-0.39, 0.29) is 0 Å². The third-order valence-corrected chi connectivity index (χ3v) is 2.69. The van der Waals surface area contributed by atoms with Crippen molar-refractivity contribution in [1.29, 1.82) is 0 Å². The van der Waals surface area contributed by atoms with Crippen LogP contribution in [0.15, 0.2) is 24.3 Å². The van der Waals surface area contributed by atoms with Gasteiger partial charge < -0.3 is 5.73 Å². The average molecular weight is 268 g/mol. The highest BCUT2D eigenvalue weighted by molar-refractivity contribution is 6.35. The van der Waals surface area contributed by atoms with Crippen molar-refractivity contribution in [3.63, 3.8) is 0 Å². The zero-order valence-corrected chi connectivity index (χ0v) is 10.8. The Morgan fingerprint density at radius 3 is 2.29 bits per heavy atom. The van der Waals surface area contributed by atoms with Crippen molar-refractivity contribution in [2.75, 3.05) is 0 Å². The molecule has 0 aliphatic carbocycles. The van der Waals surface area contributed by atoms with E-state index < -0.39 is 0 Å². The number of nitrogens with two attached hydrogens (primary N) is 1. The summed E-state index contributed by atoms with van der Waals surface area (Å²) >= 11 is 11.9. The molecule has 0 amide bonds. The Kier molecular flexibility index (Phi) is 3.62. The molecule has 88 valence electrons. The first kappa shape index (κ1) is 12.3. The van der Waals surface area contributed by atoms with Gasteiger partial charge in [0.1, 0.15) is 5.82 Å². The molecule has 17 heavy (non-hydrogen) atoms. The molecule has 1 aromatic carbocycles. The van der Waals surface area contributed by atoms with Gasteiger partial charge in [-0.1, -0.05) is 23.2 Å². The minimum atomic E-state index is 0.380. The molecule has 3 nitrogen and oxygen atoms in total. The molecule has 1 aromatic heterocycles. The van der Waals surface area contributed by atoms with Crippen LogP contribution in [-0.4, -0.2) is 9.97 Å². The molecule has 2 rings (SSSR count). The normalized spacial score (nSPS) is 10.6. The van der Waals surface area contributed by atoms with Gasteiger partial charge in [0.15, 0.2) is 0 Å². The number of aryl methyl sites for hydroxylation is 1. The van der Waals surface area contributed by atoms with Crippen LogP contribution in [0.25, 0.3) is 11.3 Å². The van der Waals surface area contributed by atoms with Crippen LogP contribution in [0.5, 0.6) is 0 Å². The molecule has 0 aliphatic rings. The first-order valence-electron chi connectivity index (χ1n) is 5.09. The summed E-state index contributed by atoms with van der Waals surface area (Å²) in [7, 11) is 0. The third-order valence-electron chi connectivity index (χ3n) is 2.26. The van der Waals surface area contributed by atoms with Crippen molar-refractivity contribution in [3.05, 3.63) is 45.8 Å². The fourth-order valence-corrected chi connectivity index (χ4v) is 2.11. The van der Waals surface area contributed by atoms with Crippen molar-refractivity contribution in [3.8, 4) is 11.3 Å². The van der Waals surface area contributed by atoms with Gasteiger partial charge in [-0.3, -0.25) is 0 Å². The fraction of sp³-hybridized carbons (Fsp3) is 0.167. The molecule has 0 aliphatic heterocycles. The Morgan fingerprint density at radius 2 is 1.71 bits per heavy atom. The van der Waals surface area contributed by atoms with Crippen molar-refractivity contribution in [2.24, 2.45) is 5.73 Å². The molecule has 0 bridgehead atoms. The van der Waals surface area contributed by atoms with E-state index in [2.05, 4.69) is 9.97 Å². The average Bonchev–Trinajstić information content (AvgIpc) is 2.26. The maximum atomic E-state index is 5.96. The molecular weight excluding hydrogens is 257 g/mol. The zero-order valence-electron chi connectivity index (χ0n) is 9.24. The van der Waals surface area contributed by atoms with Crippen LogP contribution in [0, 0.1) is 6.92 Å². The van der Waals surface area contributed by atoms with Crippen LogP contribution >= 0.6 is 23.2 Å². The van der Waals surface area contributed by atoms with Crippen LogP contribution in [0.3, 0.4) is 0 Å². The van der Waals surface area contributed by atoms with Crippen molar-refractivity contribution < 1.29 is 0 Å². The number of aromatic nitrogens is 2. The Hall–Kier alpha value is -1.16. The molecule has 0 fully saturated rings.